The molecule has 0 radical (unpaired) electrons. The highest BCUT2D eigenvalue weighted by Gasteiger charge is 2.38. The highest BCUT2D eigenvalue weighted by molar-refractivity contribution is 5.96. The molecular weight excluding hydrogens is 460 g/mol. The lowest BCUT2D eigenvalue weighted by atomic mass is 9.84. The molecule has 0 unspecified atom stereocenters. The maximum atomic E-state index is 13.7. The van der Waals surface area contributed by atoms with Crippen molar-refractivity contribution < 1.29 is 20.5 Å². The van der Waals surface area contributed by atoms with Crippen LogP contribution in [0.15, 0.2) is 4.99 Å². The largest absolute Gasteiger partial charge is 0.449 e. The summed E-state index contributed by atoms with van der Waals surface area (Å²) in [5, 5.41) is 15.9. The second-order valence-electron chi connectivity index (χ2n) is 10.9. The molecule has 36 heavy (non-hydrogen) atoms. The van der Waals surface area contributed by atoms with E-state index in [1.165, 1.54) is 6.42 Å². The molecule has 2 amide bonds. The fourth-order valence-corrected chi connectivity index (χ4v) is 5.03. The van der Waals surface area contributed by atoms with Gasteiger partial charge in [0.15, 0.2) is 0 Å². The Kier molecular flexibility index (Phi) is 10.8. The smallest absolute Gasteiger partial charge is 0.413 e. The molecule has 2 N–H and O–H groups in total. The average molecular weight is 507 g/mol. The van der Waals surface area contributed by atoms with Gasteiger partial charge in [-0.2, -0.15) is 5.26 Å². The van der Waals surface area contributed by atoms with Gasteiger partial charge in [-0.15, -0.1) is 0 Å². The number of carbonyl (C=O) groups excluding carboxylic acids is 2. The van der Waals surface area contributed by atoms with Crippen LogP contribution in [0.25, 0.3) is 0 Å². The molecule has 1 aliphatic carbocycles. The number of likely N-dealkylation sites (tertiary alicyclic amines) is 1. The molecule has 2 aliphatic heterocycles. The number of nitrogens with one attached hydrogen (secondary N) is 2. The summed E-state index contributed by atoms with van der Waals surface area (Å²) < 4.78 is 10.8. The first-order valence-electron chi connectivity index (χ1n) is 13.6. The minimum atomic E-state index is -0.882. The van der Waals surface area contributed by atoms with Crippen LogP contribution < -0.4 is 10.6 Å². The van der Waals surface area contributed by atoms with E-state index in [0.717, 1.165) is 38.8 Å². The monoisotopic (exact) mass is 506 g/mol. The number of rotatable bonds is 7. The van der Waals surface area contributed by atoms with Gasteiger partial charge < -0.3 is 24.6 Å². The van der Waals surface area contributed by atoms with E-state index in [0.29, 0.717) is 64.1 Å². The Morgan fingerprint density at radius 3 is 2.44 bits per heavy atom. The lowest BCUT2D eigenvalue weighted by Gasteiger charge is -2.37. The average Bonchev–Trinajstić information content (AvgIpc) is 2.89. The Hall–Kier alpha value is -2.38. The summed E-state index contributed by atoms with van der Waals surface area (Å²) in [6, 6.07) is 1.69. The Morgan fingerprint density at radius 1 is 1.17 bits per heavy atom. The number of nitriles is 1. The molecule has 0 aromatic carbocycles. The van der Waals surface area contributed by atoms with E-state index >= 15 is 0 Å². The molecule has 2 heterocycles. The van der Waals surface area contributed by atoms with E-state index in [2.05, 4.69) is 21.6 Å². The van der Waals surface area contributed by atoms with Crippen LogP contribution in [0.3, 0.4) is 0 Å². The molecule has 10 heteroatoms. The number of morpholine rings is 1. The zero-order chi connectivity index (χ0) is 26.0. The lowest BCUT2D eigenvalue weighted by Crippen LogP contribution is -2.56. The highest BCUT2D eigenvalue weighted by Crippen LogP contribution is 2.29. The Labute approximate surface area is 217 Å². The molecule has 0 aromatic rings. The van der Waals surface area contributed by atoms with Crippen LogP contribution >= 0.6 is 0 Å². The summed E-state index contributed by atoms with van der Waals surface area (Å²) >= 11 is 0. The second kappa shape index (κ2) is 13.8. The van der Waals surface area contributed by atoms with Gasteiger partial charge in [0.2, 0.25) is 11.9 Å². The van der Waals surface area contributed by atoms with Crippen molar-refractivity contribution in [1.29, 1.82) is 5.26 Å². The van der Waals surface area contributed by atoms with Gasteiger partial charge in [-0.25, -0.2) is 9.79 Å². The molecule has 1 atom stereocenters. The fraction of sp³-hybridized carbons (Fsp3) is 0.846. The van der Waals surface area contributed by atoms with Crippen LogP contribution in [0.2, 0.25) is 0 Å². The van der Waals surface area contributed by atoms with E-state index < -0.39 is 17.7 Å². The van der Waals surface area contributed by atoms with Crippen LogP contribution in [-0.2, 0) is 14.3 Å². The highest BCUT2D eigenvalue weighted by atomic mass is 16.5. The zero-order valence-corrected chi connectivity index (χ0v) is 22.3. The minimum absolute atomic E-state index is 0. The van der Waals surface area contributed by atoms with Crippen molar-refractivity contribution in [2.75, 3.05) is 53.0 Å². The molecule has 10 nitrogen and oxygen atoms in total. The number of guanidine groups is 1. The summed E-state index contributed by atoms with van der Waals surface area (Å²) in [6.45, 7) is 7.93. The van der Waals surface area contributed by atoms with Crippen molar-refractivity contribution in [3.63, 3.8) is 0 Å². The van der Waals surface area contributed by atoms with Crippen molar-refractivity contribution in [3.05, 3.63) is 0 Å². The maximum Gasteiger partial charge on any atom is 0.413 e. The third-order valence-electron chi connectivity index (χ3n) is 7.35. The second-order valence-corrected chi connectivity index (χ2v) is 10.9. The van der Waals surface area contributed by atoms with Crippen LogP contribution in [0, 0.1) is 23.2 Å². The van der Waals surface area contributed by atoms with Gasteiger partial charge in [0.25, 0.3) is 0 Å². The zero-order valence-electron chi connectivity index (χ0n) is 22.3. The SMILES string of the molecule is CC(C)COC(=O)NC(=N[C@@H](CC1CCCCC1)C(=O)NC1(C#N)CCN(C)CC1)N1CCOCC1.[HH]. The number of amides is 2. The molecule has 3 fully saturated rings. The number of hydrogen-bond acceptors (Lipinski definition) is 7. The Balaban J connectivity index is 0.00000481. The number of nitrogens with zero attached hydrogens (tertiary/aromatic N) is 4. The minimum Gasteiger partial charge on any atom is -0.449 e. The Morgan fingerprint density at radius 2 is 1.83 bits per heavy atom. The standard InChI is InChI=1S/C26H44N6O4.H2/c1-20(2)18-36-25(34)29-24(32-13-15-35-16-14-32)28-22(17-21-7-5-4-6-8-21)23(33)30-26(19-27)9-11-31(3)12-10-26;/h20-22H,4-18H2,1-3H3,(H,30,33)(H,28,29,34);1H/t22-;/m0./s1. The third-order valence-corrected chi connectivity index (χ3v) is 7.35. The number of carbonyl (C=O) groups is 2. The van der Waals surface area contributed by atoms with Crippen molar-refractivity contribution >= 4 is 18.0 Å². The number of piperidine rings is 1. The van der Waals surface area contributed by atoms with Gasteiger partial charge >= 0.3 is 6.09 Å². The van der Waals surface area contributed by atoms with Gasteiger partial charge in [-0.05, 0) is 38.1 Å². The molecule has 3 aliphatic rings. The van der Waals surface area contributed by atoms with Crippen LogP contribution in [0.4, 0.5) is 4.79 Å². The van der Waals surface area contributed by atoms with E-state index in [1.54, 1.807) is 0 Å². The summed E-state index contributed by atoms with van der Waals surface area (Å²) in [5.74, 6) is 0.709. The summed E-state index contributed by atoms with van der Waals surface area (Å²) in [5.41, 5.74) is -0.882. The molecule has 1 saturated carbocycles. The lowest BCUT2D eigenvalue weighted by molar-refractivity contribution is -0.124. The Bertz CT molecular complexity index is 797. The predicted molar refractivity (Wildman–Crippen MR) is 139 cm³/mol. The third kappa shape index (κ3) is 8.63. The van der Waals surface area contributed by atoms with Crippen LogP contribution in [-0.4, -0.2) is 92.4 Å². The first kappa shape index (κ1) is 28.2. The van der Waals surface area contributed by atoms with Gasteiger partial charge in [-0.3, -0.25) is 10.1 Å². The van der Waals surface area contributed by atoms with E-state index in [-0.39, 0.29) is 13.3 Å². The summed E-state index contributed by atoms with van der Waals surface area (Å²) in [4.78, 5) is 35.2. The van der Waals surface area contributed by atoms with Gasteiger partial charge in [-0.1, -0.05) is 46.0 Å². The van der Waals surface area contributed by atoms with Gasteiger partial charge in [0, 0.05) is 27.6 Å². The predicted octanol–water partition coefficient (Wildman–Crippen LogP) is 2.75. The van der Waals surface area contributed by atoms with Crippen molar-refractivity contribution in [3.8, 4) is 6.07 Å². The van der Waals surface area contributed by atoms with Crippen molar-refractivity contribution in [2.45, 2.75) is 76.8 Å². The molecule has 0 spiro atoms. The first-order chi connectivity index (χ1) is 17.3. The first-order valence-corrected chi connectivity index (χ1v) is 13.6. The fourth-order valence-electron chi connectivity index (χ4n) is 5.03. The number of alkyl carbamates (subject to hydrolysis) is 1. The van der Waals surface area contributed by atoms with Gasteiger partial charge in [0.1, 0.15) is 11.6 Å². The molecule has 2 saturated heterocycles. The topological polar surface area (TPSA) is 119 Å². The number of aliphatic imine (C=N–C) groups is 1. The molecule has 0 bridgehead atoms. The number of hydrogen-bond donors (Lipinski definition) is 2. The maximum absolute atomic E-state index is 13.7. The molecule has 3 rings (SSSR count). The van der Waals surface area contributed by atoms with E-state index in [9.17, 15) is 14.9 Å². The van der Waals surface area contributed by atoms with Crippen molar-refractivity contribution in [1.82, 2.24) is 20.4 Å². The molecule has 0 aromatic heterocycles. The van der Waals surface area contributed by atoms with Crippen molar-refractivity contribution in [2.24, 2.45) is 16.8 Å². The summed E-state index contributed by atoms with van der Waals surface area (Å²) in [7, 11) is 2.03. The molecular formula is C26H46N6O4. The van der Waals surface area contributed by atoms with E-state index in [4.69, 9.17) is 14.5 Å². The van der Waals surface area contributed by atoms with Crippen LogP contribution in [0.1, 0.15) is 66.6 Å². The van der Waals surface area contributed by atoms with E-state index in [1.807, 2.05) is 25.8 Å². The van der Waals surface area contributed by atoms with Crippen LogP contribution in [0.5, 0.6) is 0 Å². The summed E-state index contributed by atoms with van der Waals surface area (Å²) in [6.07, 6.45) is 6.89. The number of ether oxygens (including phenoxy) is 2. The normalized spacial score (nSPS) is 22.5. The quantitative estimate of drug-likeness (QED) is 0.402. The van der Waals surface area contributed by atoms with Gasteiger partial charge in [0.05, 0.1) is 25.9 Å². The molecule has 204 valence electrons.